The molecule has 2 aliphatic carbocycles. The van der Waals surface area contributed by atoms with Crippen LogP contribution in [0.3, 0.4) is 0 Å². The Bertz CT molecular complexity index is 1300. The predicted molar refractivity (Wildman–Crippen MR) is 142 cm³/mol. The zero-order valence-electron chi connectivity index (χ0n) is 21.9. The number of benzene rings is 1. The van der Waals surface area contributed by atoms with E-state index in [0.717, 1.165) is 48.4 Å². The second kappa shape index (κ2) is 9.46. The Morgan fingerprint density at radius 1 is 1.14 bits per heavy atom. The lowest BCUT2D eigenvalue weighted by molar-refractivity contribution is -0.127. The number of carbonyl (C=O) groups excluding carboxylic acids is 1. The lowest BCUT2D eigenvalue weighted by Crippen LogP contribution is -2.42. The third-order valence-corrected chi connectivity index (χ3v) is 9.52. The normalized spacial score (nSPS) is 24.8. The van der Waals surface area contributed by atoms with E-state index >= 15 is 0 Å². The summed E-state index contributed by atoms with van der Waals surface area (Å²) in [6.45, 7) is 7.18. The van der Waals surface area contributed by atoms with Crippen LogP contribution in [0, 0.1) is 17.2 Å². The van der Waals surface area contributed by atoms with Crippen molar-refractivity contribution in [2.45, 2.75) is 76.2 Å². The molecule has 1 amide bonds. The molecule has 198 valence electrons. The highest BCUT2D eigenvalue weighted by molar-refractivity contribution is 7.91. The van der Waals surface area contributed by atoms with Gasteiger partial charge in [0, 0.05) is 41.6 Å². The van der Waals surface area contributed by atoms with Gasteiger partial charge in [0.25, 0.3) is 0 Å². The Morgan fingerprint density at radius 2 is 1.78 bits per heavy atom. The third-order valence-electron chi connectivity index (χ3n) is 7.91. The van der Waals surface area contributed by atoms with Gasteiger partial charge in [-0.25, -0.2) is 13.4 Å². The lowest BCUT2D eigenvalue weighted by Gasteiger charge is -2.30. The van der Waals surface area contributed by atoms with E-state index in [1.54, 1.807) is 0 Å². The highest BCUT2D eigenvalue weighted by atomic mass is 32.2. The number of sulfone groups is 1. The molecule has 2 atom stereocenters. The summed E-state index contributed by atoms with van der Waals surface area (Å²) < 4.78 is 30.1. The predicted octanol–water partition coefficient (Wildman–Crippen LogP) is 4.32. The minimum Gasteiger partial charge on any atom is -0.444 e. The number of carbonyl (C=O) groups is 1. The first-order valence-corrected chi connectivity index (χ1v) is 15.1. The second-order valence-corrected chi connectivity index (χ2v) is 14.2. The molecular formula is C28H36N4O4S. The Labute approximate surface area is 219 Å². The molecule has 0 bridgehead atoms. The molecule has 0 radical (unpaired) electrons. The van der Waals surface area contributed by atoms with E-state index in [1.807, 2.05) is 24.3 Å². The molecule has 1 N–H and O–H groups in total. The minimum atomic E-state index is -2.94. The number of oxazole rings is 1. The van der Waals surface area contributed by atoms with Gasteiger partial charge in [0.15, 0.2) is 15.7 Å². The van der Waals surface area contributed by atoms with Gasteiger partial charge < -0.3 is 14.6 Å². The summed E-state index contributed by atoms with van der Waals surface area (Å²) in [5, 5.41) is 12.5. The Hall–Kier alpha value is -2.86. The molecule has 1 saturated heterocycles. The van der Waals surface area contributed by atoms with Crippen LogP contribution in [-0.4, -0.2) is 49.4 Å². The van der Waals surface area contributed by atoms with Crippen molar-refractivity contribution in [2.75, 3.05) is 29.5 Å². The fourth-order valence-corrected chi connectivity index (χ4v) is 6.59. The number of nitriles is 1. The number of hydrogen-bond acceptors (Lipinski definition) is 7. The Morgan fingerprint density at radius 3 is 2.38 bits per heavy atom. The molecule has 5 rings (SSSR count). The molecule has 2 heterocycles. The smallest absolute Gasteiger partial charge is 0.225 e. The molecule has 2 saturated carbocycles. The Balaban J connectivity index is 1.45. The standard InChI is InChI=1S/C28H36N4O4S/c1-27(2,3)26-30-23(19-8-10-20(11-9-19)32-14-16-37(34,35)17-15-32)24(36-26)21-6-4-5-7-22(21)25(33)31-28(18-29)12-13-28/h8-11,21-22H,4-7,12-17H2,1-3H3,(H,31,33). The fraction of sp³-hybridized carbons (Fsp3) is 0.607. The summed E-state index contributed by atoms with van der Waals surface area (Å²) in [6, 6.07) is 10.3. The van der Waals surface area contributed by atoms with Crippen molar-refractivity contribution >= 4 is 21.4 Å². The quantitative estimate of drug-likeness (QED) is 0.619. The number of nitrogens with one attached hydrogen (secondary N) is 1. The van der Waals surface area contributed by atoms with Gasteiger partial charge >= 0.3 is 0 Å². The molecule has 8 nitrogen and oxygen atoms in total. The molecule has 9 heteroatoms. The number of hydrogen-bond donors (Lipinski definition) is 1. The van der Waals surface area contributed by atoms with Crippen LogP contribution < -0.4 is 10.2 Å². The molecule has 1 aromatic heterocycles. The average molecular weight is 525 g/mol. The van der Waals surface area contributed by atoms with Gasteiger partial charge in [-0.3, -0.25) is 4.79 Å². The first-order chi connectivity index (χ1) is 17.5. The van der Waals surface area contributed by atoms with Crippen molar-refractivity contribution in [2.24, 2.45) is 5.92 Å². The highest BCUT2D eigenvalue weighted by Crippen LogP contribution is 2.45. The van der Waals surface area contributed by atoms with E-state index in [-0.39, 0.29) is 34.7 Å². The SMILES string of the molecule is CC(C)(C)c1nc(-c2ccc(N3CCS(=O)(=O)CC3)cc2)c(C2CCCCC2C(=O)NC2(C#N)CC2)o1. The number of rotatable bonds is 5. The molecule has 1 aromatic carbocycles. The molecule has 3 fully saturated rings. The van der Waals surface area contributed by atoms with E-state index in [4.69, 9.17) is 9.40 Å². The summed E-state index contributed by atoms with van der Waals surface area (Å²) in [5.74, 6) is 1.33. The van der Waals surface area contributed by atoms with Crippen molar-refractivity contribution in [3.8, 4) is 17.3 Å². The van der Waals surface area contributed by atoms with Crippen LogP contribution in [0.4, 0.5) is 5.69 Å². The first kappa shape index (κ1) is 25.8. The molecular weight excluding hydrogens is 488 g/mol. The maximum atomic E-state index is 13.3. The molecule has 1 aliphatic heterocycles. The van der Waals surface area contributed by atoms with Gasteiger partial charge in [-0.15, -0.1) is 0 Å². The summed E-state index contributed by atoms with van der Waals surface area (Å²) in [5.41, 5.74) is 1.69. The van der Waals surface area contributed by atoms with Crippen LogP contribution >= 0.6 is 0 Å². The Kier molecular flexibility index (Phi) is 6.59. The lowest BCUT2D eigenvalue weighted by atomic mass is 9.76. The van der Waals surface area contributed by atoms with Crippen molar-refractivity contribution in [1.82, 2.24) is 10.3 Å². The van der Waals surface area contributed by atoms with Crippen LogP contribution in [0.25, 0.3) is 11.3 Å². The van der Waals surface area contributed by atoms with Gasteiger partial charge in [-0.2, -0.15) is 5.26 Å². The van der Waals surface area contributed by atoms with E-state index in [0.29, 0.717) is 31.8 Å². The van der Waals surface area contributed by atoms with Crippen molar-refractivity contribution in [1.29, 1.82) is 5.26 Å². The van der Waals surface area contributed by atoms with Gasteiger partial charge in [0.1, 0.15) is 17.0 Å². The van der Waals surface area contributed by atoms with Gasteiger partial charge in [-0.05, 0) is 37.8 Å². The van der Waals surface area contributed by atoms with Crippen LogP contribution in [0.15, 0.2) is 28.7 Å². The van der Waals surface area contributed by atoms with E-state index < -0.39 is 15.4 Å². The van der Waals surface area contributed by atoms with Crippen molar-refractivity contribution < 1.29 is 17.6 Å². The zero-order chi connectivity index (χ0) is 26.4. The molecule has 0 spiro atoms. The maximum Gasteiger partial charge on any atom is 0.225 e. The summed E-state index contributed by atoms with van der Waals surface area (Å²) in [4.78, 5) is 20.4. The van der Waals surface area contributed by atoms with Gasteiger partial charge in [0.05, 0.1) is 17.6 Å². The molecule has 2 aromatic rings. The van der Waals surface area contributed by atoms with E-state index in [1.165, 1.54) is 0 Å². The fourth-order valence-electron chi connectivity index (χ4n) is 5.39. The third kappa shape index (κ3) is 5.40. The van der Waals surface area contributed by atoms with Crippen LogP contribution in [0.2, 0.25) is 0 Å². The van der Waals surface area contributed by atoms with Crippen LogP contribution in [0.5, 0.6) is 0 Å². The number of nitrogens with zero attached hydrogens (tertiary/aromatic N) is 3. The molecule has 37 heavy (non-hydrogen) atoms. The topological polar surface area (TPSA) is 116 Å². The van der Waals surface area contributed by atoms with E-state index in [2.05, 4.69) is 37.1 Å². The maximum absolute atomic E-state index is 13.3. The van der Waals surface area contributed by atoms with Gasteiger partial charge in [-0.1, -0.05) is 45.7 Å². The van der Waals surface area contributed by atoms with Crippen LogP contribution in [-0.2, 0) is 20.0 Å². The minimum absolute atomic E-state index is 0.0567. The highest BCUT2D eigenvalue weighted by Gasteiger charge is 2.47. The van der Waals surface area contributed by atoms with E-state index in [9.17, 15) is 18.5 Å². The largest absolute Gasteiger partial charge is 0.444 e. The molecule has 2 unspecified atom stereocenters. The number of aromatic nitrogens is 1. The average Bonchev–Trinajstić information content (AvgIpc) is 3.49. The monoisotopic (exact) mass is 524 g/mol. The summed E-state index contributed by atoms with van der Waals surface area (Å²) in [7, 11) is -2.94. The first-order valence-electron chi connectivity index (χ1n) is 13.3. The number of amides is 1. The van der Waals surface area contributed by atoms with Crippen LogP contribution in [0.1, 0.15) is 76.9 Å². The molecule has 3 aliphatic rings. The van der Waals surface area contributed by atoms with Crippen molar-refractivity contribution in [3.05, 3.63) is 35.9 Å². The second-order valence-electron chi connectivity index (χ2n) is 11.8. The number of anilines is 1. The zero-order valence-corrected chi connectivity index (χ0v) is 22.7. The van der Waals surface area contributed by atoms with Gasteiger partial charge in [0.2, 0.25) is 5.91 Å². The summed E-state index contributed by atoms with van der Waals surface area (Å²) in [6.07, 6.45) is 5.01. The van der Waals surface area contributed by atoms with Crippen molar-refractivity contribution in [3.63, 3.8) is 0 Å². The summed E-state index contributed by atoms with van der Waals surface area (Å²) >= 11 is 0.